The second-order valence-corrected chi connectivity index (χ2v) is 9.35. The van der Waals surface area contributed by atoms with Crippen LogP contribution in [0.4, 0.5) is 20.7 Å². The number of halogens is 2. The van der Waals surface area contributed by atoms with Gasteiger partial charge in [0.15, 0.2) is 0 Å². The summed E-state index contributed by atoms with van der Waals surface area (Å²) < 4.78 is 15.1. The Hall–Kier alpha value is -3.39. The van der Waals surface area contributed by atoms with Gasteiger partial charge in [0, 0.05) is 23.7 Å². The summed E-state index contributed by atoms with van der Waals surface area (Å²) >= 11 is 6.38. The Morgan fingerprint density at radius 2 is 1.82 bits per heavy atom. The predicted molar refractivity (Wildman–Crippen MR) is 133 cm³/mol. The van der Waals surface area contributed by atoms with Gasteiger partial charge in [-0.2, -0.15) is 5.10 Å². The van der Waals surface area contributed by atoms with Crippen LogP contribution < -0.4 is 10.6 Å². The first-order valence-electron chi connectivity index (χ1n) is 11.0. The molecular formula is C25H29ClFN5O2. The van der Waals surface area contributed by atoms with E-state index in [2.05, 4.69) is 15.7 Å². The predicted octanol–water partition coefficient (Wildman–Crippen LogP) is 5.84. The van der Waals surface area contributed by atoms with Crippen molar-refractivity contribution >= 4 is 35.0 Å². The van der Waals surface area contributed by atoms with Gasteiger partial charge in [-0.15, -0.1) is 0 Å². The number of amides is 3. The summed E-state index contributed by atoms with van der Waals surface area (Å²) in [6, 6.07) is 14.1. The number of benzene rings is 2. The van der Waals surface area contributed by atoms with Gasteiger partial charge in [-0.1, -0.05) is 57.5 Å². The van der Waals surface area contributed by atoms with Crippen LogP contribution in [0, 0.1) is 5.82 Å². The van der Waals surface area contributed by atoms with Crippen molar-refractivity contribution in [3.05, 3.63) is 71.1 Å². The number of carbonyl (C=O) groups excluding carboxylic acids is 2. The van der Waals surface area contributed by atoms with Crippen LogP contribution in [0.5, 0.6) is 0 Å². The number of aromatic nitrogens is 2. The first-order chi connectivity index (χ1) is 16.1. The average molecular weight is 486 g/mol. The molecule has 0 aliphatic carbocycles. The van der Waals surface area contributed by atoms with E-state index in [1.54, 1.807) is 22.9 Å². The van der Waals surface area contributed by atoms with E-state index in [0.29, 0.717) is 35.2 Å². The Bertz CT molecular complexity index is 1170. The lowest BCUT2D eigenvalue weighted by atomic mass is 9.92. The lowest BCUT2D eigenvalue weighted by molar-refractivity contribution is -0.116. The minimum absolute atomic E-state index is 0.187. The number of anilines is 2. The van der Waals surface area contributed by atoms with Gasteiger partial charge in [-0.25, -0.2) is 13.9 Å². The standard InChI is InChI=1S/C25H29ClFN5O2/c1-5-13-31(24(34)28-18-10-8-9-17(27)14-18)16-23(33)29-22-15-21(25(2,3)4)30-32(22)20-12-7-6-11-19(20)26/h6-12,14-15H,5,13,16H2,1-4H3,(H,28,34)(H,29,33). The molecule has 2 N–H and O–H groups in total. The number of para-hydroxylation sites is 1. The van der Waals surface area contributed by atoms with Gasteiger partial charge in [0.25, 0.3) is 0 Å². The molecule has 0 aliphatic heterocycles. The second-order valence-electron chi connectivity index (χ2n) is 8.94. The van der Waals surface area contributed by atoms with Crippen molar-refractivity contribution in [1.29, 1.82) is 0 Å². The van der Waals surface area contributed by atoms with Crippen molar-refractivity contribution in [1.82, 2.24) is 14.7 Å². The molecule has 0 unspecified atom stereocenters. The molecule has 0 saturated heterocycles. The van der Waals surface area contributed by atoms with Crippen molar-refractivity contribution in [2.75, 3.05) is 23.7 Å². The molecule has 0 atom stereocenters. The maximum atomic E-state index is 13.5. The molecule has 1 heterocycles. The average Bonchev–Trinajstić information content (AvgIpc) is 3.17. The van der Waals surface area contributed by atoms with Gasteiger partial charge in [0.2, 0.25) is 5.91 Å². The second kappa shape index (κ2) is 10.7. The smallest absolute Gasteiger partial charge is 0.315 e. The van der Waals surface area contributed by atoms with Crippen molar-refractivity contribution < 1.29 is 14.0 Å². The Morgan fingerprint density at radius 3 is 2.47 bits per heavy atom. The monoisotopic (exact) mass is 485 g/mol. The SMILES string of the molecule is CCCN(CC(=O)Nc1cc(C(C)(C)C)nn1-c1ccccc1Cl)C(=O)Nc1cccc(F)c1. The van der Waals surface area contributed by atoms with Gasteiger partial charge >= 0.3 is 6.03 Å². The third kappa shape index (κ3) is 6.35. The number of rotatable bonds is 7. The van der Waals surface area contributed by atoms with E-state index in [9.17, 15) is 14.0 Å². The molecule has 3 aromatic rings. The molecule has 3 rings (SSSR count). The quantitative estimate of drug-likeness (QED) is 0.441. The van der Waals surface area contributed by atoms with Crippen LogP contribution in [0.15, 0.2) is 54.6 Å². The highest BCUT2D eigenvalue weighted by Gasteiger charge is 2.23. The van der Waals surface area contributed by atoms with Crippen LogP contribution >= 0.6 is 11.6 Å². The van der Waals surface area contributed by atoms with Crippen LogP contribution in [0.25, 0.3) is 5.69 Å². The Kier molecular flexibility index (Phi) is 7.94. The molecule has 34 heavy (non-hydrogen) atoms. The molecule has 3 amide bonds. The minimum atomic E-state index is -0.488. The summed E-state index contributed by atoms with van der Waals surface area (Å²) in [7, 11) is 0. The summed E-state index contributed by atoms with van der Waals surface area (Å²) in [6.45, 7) is 8.15. The fraction of sp³-hybridized carbons (Fsp3) is 0.320. The number of carbonyl (C=O) groups is 2. The van der Waals surface area contributed by atoms with E-state index in [-0.39, 0.29) is 12.0 Å². The van der Waals surface area contributed by atoms with E-state index in [1.807, 2.05) is 45.9 Å². The zero-order valence-corrected chi connectivity index (χ0v) is 20.5. The summed E-state index contributed by atoms with van der Waals surface area (Å²) in [4.78, 5) is 27.1. The molecule has 180 valence electrons. The Morgan fingerprint density at radius 1 is 1.09 bits per heavy atom. The topological polar surface area (TPSA) is 79.3 Å². The molecule has 0 spiro atoms. The molecule has 0 fully saturated rings. The molecule has 2 aromatic carbocycles. The Labute approximate surface area is 203 Å². The lowest BCUT2D eigenvalue weighted by Gasteiger charge is -2.22. The molecule has 0 saturated carbocycles. The first kappa shape index (κ1) is 25.2. The molecule has 9 heteroatoms. The number of urea groups is 1. The molecular weight excluding hydrogens is 457 g/mol. The van der Waals surface area contributed by atoms with E-state index < -0.39 is 17.8 Å². The van der Waals surface area contributed by atoms with Crippen LogP contribution in [-0.4, -0.2) is 39.7 Å². The van der Waals surface area contributed by atoms with Gasteiger partial charge in [-0.05, 0) is 36.8 Å². The maximum Gasteiger partial charge on any atom is 0.322 e. The fourth-order valence-electron chi connectivity index (χ4n) is 3.29. The largest absolute Gasteiger partial charge is 0.322 e. The fourth-order valence-corrected chi connectivity index (χ4v) is 3.51. The van der Waals surface area contributed by atoms with E-state index in [4.69, 9.17) is 11.6 Å². The highest BCUT2D eigenvalue weighted by atomic mass is 35.5. The summed E-state index contributed by atoms with van der Waals surface area (Å²) in [5, 5.41) is 10.7. The number of hydrogen-bond donors (Lipinski definition) is 2. The van der Waals surface area contributed by atoms with Crippen LogP contribution in [0.1, 0.15) is 39.8 Å². The number of nitrogens with zero attached hydrogens (tertiary/aromatic N) is 3. The molecule has 0 radical (unpaired) electrons. The van der Waals surface area contributed by atoms with Crippen LogP contribution in [-0.2, 0) is 10.2 Å². The van der Waals surface area contributed by atoms with Crippen molar-refractivity contribution in [2.24, 2.45) is 0 Å². The molecule has 0 aliphatic rings. The van der Waals surface area contributed by atoms with Crippen molar-refractivity contribution in [3.8, 4) is 5.69 Å². The maximum absolute atomic E-state index is 13.5. The highest BCUT2D eigenvalue weighted by Crippen LogP contribution is 2.29. The summed E-state index contributed by atoms with van der Waals surface area (Å²) in [5.41, 5.74) is 1.46. The summed E-state index contributed by atoms with van der Waals surface area (Å²) in [6.07, 6.45) is 0.648. The van der Waals surface area contributed by atoms with Gasteiger partial charge in [0.05, 0.1) is 16.4 Å². The Balaban J connectivity index is 1.81. The van der Waals surface area contributed by atoms with Gasteiger partial charge < -0.3 is 15.5 Å². The minimum Gasteiger partial charge on any atom is -0.315 e. The van der Waals surface area contributed by atoms with Gasteiger partial charge in [0.1, 0.15) is 18.2 Å². The van der Waals surface area contributed by atoms with Crippen LogP contribution in [0.3, 0.4) is 0 Å². The molecule has 0 bridgehead atoms. The molecule has 7 nitrogen and oxygen atoms in total. The van der Waals surface area contributed by atoms with E-state index >= 15 is 0 Å². The zero-order chi connectivity index (χ0) is 24.9. The van der Waals surface area contributed by atoms with Crippen molar-refractivity contribution in [2.45, 2.75) is 39.5 Å². The summed E-state index contributed by atoms with van der Waals surface area (Å²) in [5.74, 6) is -0.401. The normalized spacial score (nSPS) is 11.2. The van der Waals surface area contributed by atoms with Crippen molar-refractivity contribution in [3.63, 3.8) is 0 Å². The highest BCUT2D eigenvalue weighted by molar-refractivity contribution is 6.32. The molecule has 1 aromatic heterocycles. The first-order valence-corrected chi connectivity index (χ1v) is 11.4. The number of nitrogens with one attached hydrogen (secondary N) is 2. The van der Waals surface area contributed by atoms with E-state index in [1.165, 1.54) is 23.1 Å². The van der Waals surface area contributed by atoms with Crippen LogP contribution in [0.2, 0.25) is 5.02 Å². The number of hydrogen-bond acceptors (Lipinski definition) is 3. The third-order valence-corrected chi connectivity index (χ3v) is 5.34. The zero-order valence-electron chi connectivity index (χ0n) is 19.7. The van der Waals surface area contributed by atoms with E-state index in [0.717, 1.165) is 5.69 Å². The third-order valence-electron chi connectivity index (χ3n) is 5.02. The van der Waals surface area contributed by atoms with Gasteiger partial charge in [-0.3, -0.25) is 4.79 Å². The lowest BCUT2D eigenvalue weighted by Crippen LogP contribution is -2.41.